The van der Waals surface area contributed by atoms with E-state index in [1.807, 2.05) is 13.8 Å². The van der Waals surface area contributed by atoms with Gasteiger partial charge in [-0.15, -0.1) is 0 Å². The highest BCUT2D eigenvalue weighted by atomic mass is 19.1. The van der Waals surface area contributed by atoms with Gasteiger partial charge < -0.3 is 9.30 Å². The Morgan fingerprint density at radius 1 is 1.21 bits per heavy atom. The molecule has 1 saturated carbocycles. The van der Waals surface area contributed by atoms with E-state index >= 15 is 0 Å². The van der Waals surface area contributed by atoms with E-state index in [0.29, 0.717) is 11.2 Å². The first kappa shape index (κ1) is 18.3. The summed E-state index contributed by atoms with van der Waals surface area (Å²) in [5, 5.41) is 0.0844. The molecule has 1 aliphatic rings. The Bertz CT molecular complexity index is 1150. The Morgan fingerprint density at radius 3 is 2.50 bits per heavy atom. The number of esters is 1. The van der Waals surface area contributed by atoms with Gasteiger partial charge in [-0.1, -0.05) is 0 Å². The van der Waals surface area contributed by atoms with Gasteiger partial charge in [0.25, 0.3) is 0 Å². The lowest BCUT2D eigenvalue weighted by molar-refractivity contribution is 0.0524. The minimum absolute atomic E-state index is 0.0844. The smallest absolute Gasteiger partial charge is 0.343 e. The number of aryl methyl sites for hydroxylation is 2. The van der Waals surface area contributed by atoms with Gasteiger partial charge in [-0.05, 0) is 51.8 Å². The fourth-order valence-electron chi connectivity index (χ4n) is 3.41. The lowest BCUT2D eigenvalue weighted by Gasteiger charge is -2.14. The average Bonchev–Trinajstić information content (AvgIpc) is 3.46. The van der Waals surface area contributed by atoms with Crippen LogP contribution in [0, 0.1) is 19.7 Å². The van der Waals surface area contributed by atoms with Crippen LogP contribution in [0.1, 0.15) is 47.6 Å². The highest BCUT2D eigenvalue weighted by molar-refractivity contribution is 5.93. The molecule has 0 bridgehead atoms. The summed E-state index contributed by atoms with van der Waals surface area (Å²) >= 11 is 0. The molecular weight excluding hydrogens is 361 g/mol. The van der Waals surface area contributed by atoms with Crippen molar-refractivity contribution in [1.82, 2.24) is 14.5 Å². The third-order valence-corrected chi connectivity index (χ3v) is 4.75. The van der Waals surface area contributed by atoms with Crippen LogP contribution in [0.25, 0.3) is 22.3 Å². The van der Waals surface area contributed by atoms with E-state index in [-0.39, 0.29) is 29.3 Å². The molecule has 0 atom stereocenters. The summed E-state index contributed by atoms with van der Waals surface area (Å²) in [6, 6.07) is 4.84. The summed E-state index contributed by atoms with van der Waals surface area (Å²) in [4.78, 5) is 33.8. The fraction of sp³-hybridized carbons (Fsp3) is 0.333. The summed E-state index contributed by atoms with van der Waals surface area (Å²) in [6.07, 6.45) is 3.34. The number of nitrogens with zero attached hydrogens (tertiary/aromatic N) is 3. The molecule has 7 heteroatoms. The molecule has 0 amide bonds. The summed E-state index contributed by atoms with van der Waals surface area (Å²) in [5.41, 5.74) is 2.01. The number of fused-ring (bicyclic) bond motifs is 1. The second kappa shape index (κ2) is 6.82. The molecule has 0 radical (unpaired) electrons. The standard InChI is InChI=1S/C21H20FN3O3/c1-4-28-21(27)16-10-25(14-5-6-14)20-15(19(16)26)9-17(22)18(24-20)13-7-11(2)23-12(3)8-13/h7-10,14H,4-6H2,1-3H3. The zero-order valence-corrected chi connectivity index (χ0v) is 16.0. The molecule has 3 aromatic rings. The van der Waals surface area contributed by atoms with E-state index in [0.717, 1.165) is 24.2 Å². The number of pyridine rings is 3. The van der Waals surface area contributed by atoms with Crippen LogP contribution < -0.4 is 5.43 Å². The van der Waals surface area contributed by atoms with Crippen molar-refractivity contribution in [2.24, 2.45) is 0 Å². The first-order valence-electron chi connectivity index (χ1n) is 9.27. The molecule has 1 aliphatic carbocycles. The van der Waals surface area contributed by atoms with E-state index in [2.05, 4.69) is 9.97 Å². The molecule has 0 aromatic carbocycles. The monoisotopic (exact) mass is 381 g/mol. The number of hydrogen-bond donors (Lipinski definition) is 0. The summed E-state index contributed by atoms with van der Waals surface area (Å²) in [7, 11) is 0. The first-order chi connectivity index (χ1) is 13.4. The maximum Gasteiger partial charge on any atom is 0.343 e. The molecule has 28 heavy (non-hydrogen) atoms. The van der Waals surface area contributed by atoms with Crippen LogP contribution in [-0.2, 0) is 4.74 Å². The number of halogens is 1. The lowest BCUT2D eigenvalue weighted by Crippen LogP contribution is -2.21. The zero-order chi connectivity index (χ0) is 20.0. The summed E-state index contributed by atoms with van der Waals surface area (Å²) in [5.74, 6) is -1.31. The van der Waals surface area contributed by atoms with Crippen LogP contribution in [-0.4, -0.2) is 27.1 Å². The van der Waals surface area contributed by atoms with E-state index < -0.39 is 17.2 Å². The number of aromatic nitrogens is 3. The van der Waals surface area contributed by atoms with Crippen LogP contribution in [0.5, 0.6) is 0 Å². The largest absolute Gasteiger partial charge is 0.462 e. The molecule has 1 fully saturated rings. The van der Waals surface area contributed by atoms with Gasteiger partial charge in [0.1, 0.15) is 22.7 Å². The SMILES string of the molecule is CCOC(=O)c1cn(C2CC2)c2nc(-c3cc(C)nc(C)c3)c(F)cc2c1=O. The van der Waals surface area contributed by atoms with Crippen molar-refractivity contribution >= 4 is 17.0 Å². The third kappa shape index (κ3) is 3.17. The van der Waals surface area contributed by atoms with Crippen molar-refractivity contribution in [2.45, 2.75) is 39.7 Å². The zero-order valence-electron chi connectivity index (χ0n) is 16.0. The molecule has 0 spiro atoms. The predicted molar refractivity (Wildman–Crippen MR) is 103 cm³/mol. The van der Waals surface area contributed by atoms with Gasteiger partial charge in [-0.25, -0.2) is 14.2 Å². The summed E-state index contributed by atoms with van der Waals surface area (Å²) < 4.78 is 21.7. The Morgan fingerprint density at radius 2 is 1.89 bits per heavy atom. The molecule has 0 aliphatic heterocycles. The van der Waals surface area contributed by atoms with Crippen LogP contribution in [0.3, 0.4) is 0 Å². The topological polar surface area (TPSA) is 74.1 Å². The van der Waals surface area contributed by atoms with Crippen molar-refractivity contribution in [1.29, 1.82) is 0 Å². The number of ether oxygens (including phenoxy) is 1. The van der Waals surface area contributed by atoms with Crippen LogP contribution in [0.4, 0.5) is 4.39 Å². The van der Waals surface area contributed by atoms with Crippen molar-refractivity contribution in [3.8, 4) is 11.3 Å². The van der Waals surface area contributed by atoms with Crippen molar-refractivity contribution in [3.63, 3.8) is 0 Å². The maximum atomic E-state index is 14.9. The van der Waals surface area contributed by atoms with Gasteiger partial charge in [-0.3, -0.25) is 9.78 Å². The molecule has 6 nitrogen and oxygen atoms in total. The van der Waals surface area contributed by atoms with Crippen molar-refractivity contribution < 1.29 is 13.9 Å². The highest BCUT2D eigenvalue weighted by Gasteiger charge is 2.28. The Kier molecular flexibility index (Phi) is 4.45. The molecule has 0 N–H and O–H groups in total. The van der Waals surface area contributed by atoms with Crippen LogP contribution in [0.15, 0.2) is 29.2 Å². The number of hydrogen-bond acceptors (Lipinski definition) is 5. The van der Waals surface area contributed by atoms with E-state index in [1.165, 1.54) is 12.3 Å². The molecule has 3 aromatic heterocycles. The first-order valence-corrected chi connectivity index (χ1v) is 9.27. The van der Waals surface area contributed by atoms with Crippen molar-refractivity contribution in [3.05, 3.63) is 57.4 Å². The number of carbonyl (C=O) groups is 1. The van der Waals surface area contributed by atoms with Gasteiger partial charge in [0, 0.05) is 29.2 Å². The van der Waals surface area contributed by atoms with Gasteiger partial charge in [0.15, 0.2) is 0 Å². The van der Waals surface area contributed by atoms with Gasteiger partial charge in [0.05, 0.1) is 12.0 Å². The minimum Gasteiger partial charge on any atom is -0.462 e. The number of rotatable bonds is 4. The Balaban J connectivity index is 1.99. The van der Waals surface area contributed by atoms with Crippen molar-refractivity contribution in [2.75, 3.05) is 6.61 Å². The highest BCUT2D eigenvalue weighted by Crippen LogP contribution is 2.37. The van der Waals surface area contributed by atoms with E-state index in [4.69, 9.17) is 4.74 Å². The second-order valence-electron chi connectivity index (χ2n) is 7.06. The van der Waals surface area contributed by atoms with Gasteiger partial charge in [-0.2, -0.15) is 0 Å². The third-order valence-electron chi connectivity index (χ3n) is 4.75. The lowest BCUT2D eigenvalue weighted by atomic mass is 10.1. The van der Waals surface area contributed by atoms with Gasteiger partial charge >= 0.3 is 5.97 Å². The molecule has 0 unspecified atom stereocenters. The molecule has 0 saturated heterocycles. The fourth-order valence-corrected chi connectivity index (χ4v) is 3.41. The van der Waals surface area contributed by atoms with Crippen LogP contribution >= 0.6 is 0 Å². The summed E-state index contributed by atoms with van der Waals surface area (Å²) in [6.45, 7) is 5.50. The predicted octanol–water partition coefficient (Wildman–Crippen LogP) is 3.73. The molecule has 3 heterocycles. The minimum atomic E-state index is -0.700. The Labute approximate surface area is 161 Å². The maximum absolute atomic E-state index is 14.9. The quantitative estimate of drug-likeness (QED) is 0.644. The van der Waals surface area contributed by atoms with E-state index in [9.17, 15) is 14.0 Å². The Hall–Kier alpha value is -3.09. The molecule has 4 rings (SSSR count). The van der Waals surface area contributed by atoms with Gasteiger partial charge in [0.2, 0.25) is 5.43 Å². The molecule has 144 valence electrons. The number of carbonyl (C=O) groups excluding carboxylic acids is 1. The average molecular weight is 381 g/mol. The molecular formula is C21H20FN3O3. The van der Waals surface area contributed by atoms with E-state index in [1.54, 1.807) is 23.6 Å². The van der Waals surface area contributed by atoms with Crippen LogP contribution in [0.2, 0.25) is 0 Å². The normalized spacial score (nSPS) is 13.7. The second-order valence-corrected chi connectivity index (χ2v) is 7.06.